The van der Waals surface area contributed by atoms with Gasteiger partial charge in [0.05, 0.1) is 12.2 Å². The summed E-state index contributed by atoms with van der Waals surface area (Å²) in [6.07, 6.45) is 1.69. The molecule has 1 rings (SSSR count). The summed E-state index contributed by atoms with van der Waals surface area (Å²) >= 11 is 3.43. The van der Waals surface area contributed by atoms with Crippen LogP contribution in [0.2, 0.25) is 0 Å². The van der Waals surface area contributed by atoms with Crippen LogP contribution in [0, 0.1) is 0 Å². The van der Waals surface area contributed by atoms with Gasteiger partial charge in [-0.05, 0) is 13.0 Å². The van der Waals surface area contributed by atoms with E-state index in [9.17, 15) is 0 Å². The van der Waals surface area contributed by atoms with Gasteiger partial charge in [0.1, 0.15) is 0 Å². The second-order valence-corrected chi connectivity index (χ2v) is 4.14. The van der Waals surface area contributed by atoms with E-state index in [0.717, 1.165) is 25.0 Å². The van der Waals surface area contributed by atoms with Gasteiger partial charge in [0.15, 0.2) is 0 Å². The van der Waals surface area contributed by atoms with Gasteiger partial charge in [0, 0.05) is 32.6 Å². The highest BCUT2D eigenvalue weighted by atomic mass is 79.9. The normalized spacial score (nSPS) is 29.8. The van der Waals surface area contributed by atoms with Crippen LogP contribution in [0.5, 0.6) is 0 Å². The summed E-state index contributed by atoms with van der Waals surface area (Å²) in [5.41, 5.74) is 0. The molecule has 0 saturated carbocycles. The Balaban J connectivity index is 2.30. The summed E-state index contributed by atoms with van der Waals surface area (Å²) in [4.78, 5) is 2.39. The molecule has 0 N–H and O–H groups in total. The van der Waals surface area contributed by atoms with E-state index in [1.807, 2.05) is 0 Å². The molecule has 0 bridgehead atoms. The van der Waals surface area contributed by atoms with Crippen LogP contribution >= 0.6 is 15.9 Å². The molecule has 2 atom stereocenters. The summed E-state index contributed by atoms with van der Waals surface area (Å²) in [6, 6.07) is 0. The van der Waals surface area contributed by atoms with Gasteiger partial charge >= 0.3 is 0 Å². The maximum atomic E-state index is 5.35. The molecule has 0 aromatic heterocycles. The Morgan fingerprint density at radius 1 is 1.23 bits per heavy atom. The second-order valence-electron chi connectivity index (χ2n) is 3.35. The molecule has 1 aliphatic heterocycles. The van der Waals surface area contributed by atoms with E-state index in [2.05, 4.69) is 20.8 Å². The first-order chi connectivity index (χ1) is 6.31. The molecule has 0 aromatic carbocycles. The summed E-state index contributed by atoms with van der Waals surface area (Å²) < 4.78 is 10.7. The van der Waals surface area contributed by atoms with Crippen molar-refractivity contribution in [2.75, 3.05) is 39.2 Å². The number of alkyl halides is 1. The quantitative estimate of drug-likeness (QED) is 0.684. The Bertz CT molecular complexity index is 134. The molecule has 0 spiro atoms. The predicted octanol–water partition coefficient (Wildman–Crippen LogP) is 1.12. The Kier molecular flexibility index (Phi) is 5.24. The van der Waals surface area contributed by atoms with Gasteiger partial charge in [0.25, 0.3) is 0 Å². The molecule has 4 heteroatoms. The SMILES string of the molecule is COC1CN(CCCBr)CC1OC. The van der Waals surface area contributed by atoms with Crippen molar-refractivity contribution < 1.29 is 9.47 Å². The number of ether oxygens (including phenoxy) is 2. The fourth-order valence-corrected chi connectivity index (χ4v) is 1.99. The van der Waals surface area contributed by atoms with Gasteiger partial charge in [0.2, 0.25) is 0 Å². The van der Waals surface area contributed by atoms with E-state index < -0.39 is 0 Å². The first kappa shape index (κ1) is 11.4. The highest BCUT2D eigenvalue weighted by Gasteiger charge is 2.32. The minimum Gasteiger partial charge on any atom is -0.377 e. The first-order valence-electron chi connectivity index (χ1n) is 4.65. The lowest BCUT2D eigenvalue weighted by Crippen LogP contribution is -2.27. The van der Waals surface area contributed by atoms with Crippen molar-refractivity contribution in [1.82, 2.24) is 4.90 Å². The minimum absolute atomic E-state index is 0.250. The largest absolute Gasteiger partial charge is 0.377 e. The van der Waals surface area contributed by atoms with Gasteiger partial charge in [-0.15, -0.1) is 0 Å². The zero-order valence-corrected chi connectivity index (χ0v) is 9.92. The highest BCUT2D eigenvalue weighted by molar-refractivity contribution is 9.09. The molecular formula is C9H18BrNO2. The van der Waals surface area contributed by atoms with Crippen LogP contribution in [0.3, 0.4) is 0 Å². The van der Waals surface area contributed by atoms with Gasteiger partial charge < -0.3 is 9.47 Å². The van der Waals surface area contributed by atoms with Crippen molar-refractivity contribution in [3.8, 4) is 0 Å². The van der Waals surface area contributed by atoms with Crippen LogP contribution in [-0.2, 0) is 9.47 Å². The van der Waals surface area contributed by atoms with Crippen molar-refractivity contribution >= 4 is 15.9 Å². The molecule has 0 amide bonds. The molecule has 1 aliphatic rings. The number of hydrogen-bond donors (Lipinski definition) is 0. The van der Waals surface area contributed by atoms with E-state index in [1.54, 1.807) is 14.2 Å². The molecule has 3 nitrogen and oxygen atoms in total. The fourth-order valence-electron chi connectivity index (χ4n) is 1.74. The molecule has 2 unspecified atom stereocenters. The Labute approximate surface area is 88.5 Å². The lowest BCUT2D eigenvalue weighted by Gasteiger charge is -2.13. The van der Waals surface area contributed by atoms with Gasteiger partial charge in [-0.1, -0.05) is 15.9 Å². The standard InChI is InChI=1S/C9H18BrNO2/c1-12-8-6-11(5-3-4-10)7-9(8)13-2/h8-9H,3-7H2,1-2H3. The van der Waals surface area contributed by atoms with E-state index in [-0.39, 0.29) is 12.2 Å². The summed E-state index contributed by atoms with van der Waals surface area (Å²) in [5, 5.41) is 1.07. The van der Waals surface area contributed by atoms with E-state index in [4.69, 9.17) is 9.47 Å². The van der Waals surface area contributed by atoms with Crippen LogP contribution in [0.1, 0.15) is 6.42 Å². The third kappa shape index (κ3) is 3.20. The van der Waals surface area contributed by atoms with Crippen molar-refractivity contribution in [2.45, 2.75) is 18.6 Å². The summed E-state index contributed by atoms with van der Waals surface area (Å²) in [7, 11) is 3.51. The molecule has 0 radical (unpaired) electrons. The number of rotatable bonds is 5. The van der Waals surface area contributed by atoms with Gasteiger partial charge in [-0.2, -0.15) is 0 Å². The lowest BCUT2D eigenvalue weighted by atomic mass is 10.3. The molecular weight excluding hydrogens is 234 g/mol. The summed E-state index contributed by atoms with van der Waals surface area (Å²) in [6.45, 7) is 3.13. The molecule has 13 heavy (non-hydrogen) atoms. The molecule has 1 saturated heterocycles. The fraction of sp³-hybridized carbons (Fsp3) is 1.00. The average molecular weight is 252 g/mol. The maximum absolute atomic E-state index is 5.35. The Hall–Kier alpha value is 0.360. The lowest BCUT2D eigenvalue weighted by molar-refractivity contribution is -0.00461. The highest BCUT2D eigenvalue weighted by Crippen LogP contribution is 2.15. The van der Waals surface area contributed by atoms with Crippen molar-refractivity contribution in [3.63, 3.8) is 0 Å². The van der Waals surface area contributed by atoms with Crippen molar-refractivity contribution in [3.05, 3.63) is 0 Å². The third-order valence-corrected chi connectivity index (χ3v) is 3.07. The van der Waals surface area contributed by atoms with Crippen LogP contribution in [-0.4, -0.2) is 56.3 Å². The van der Waals surface area contributed by atoms with E-state index >= 15 is 0 Å². The van der Waals surface area contributed by atoms with Crippen LogP contribution in [0.4, 0.5) is 0 Å². The minimum atomic E-state index is 0.250. The summed E-state index contributed by atoms with van der Waals surface area (Å²) in [5.74, 6) is 0. The van der Waals surface area contributed by atoms with Gasteiger partial charge in [-0.3, -0.25) is 4.90 Å². The molecule has 78 valence electrons. The smallest absolute Gasteiger partial charge is 0.0971 e. The molecule has 0 aromatic rings. The Morgan fingerprint density at radius 2 is 1.77 bits per heavy atom. The molecule has 1 heterocycles. The Morgan fingerprint density at radius 3 is 2.15 bits per heavy atom. The monoisotopic (exact) mass is 251 g/mol. The predicted molar refractivity (Wildman–Crippen MR) is 56.4 cm³/mol. The maximum Gasteiger partial charge on any atom is 0.0971 e. The molecule has 0 aliphatic carbocycles. The number of nitrogens with zero attached hydrogens (tertiary/aromatic N) is 1. The molecule has 1 fully saturated rings. The van der Waals surface area contributed by atoms with Crippen LogP contribution < -0.4 is 0 Å². The number of methoxy groups -OCH3 is 2. The van der Waals surface area contributed by atoms with E-state index in [1.165, 1.54) is 6.42 Å². The van der Waals surface area contributed by atoms with Crippen LogP contribution in [0.15, 0.2) is 0 Å². The van der Waals surface area contributed by atoms with Crippen molar-refractivity contribution in [2.24, 2.45) is 0 Å². The van der Waals surface area contributed by atoms with Crippen LogP contribution in [0.25, 0.3) is 0 Å². The first-order valence-corrected chi connectivity index (χ1v) is 5.78. The van der Waals surface area contributed by atoms with Gasteiger partial charge in [-0.25, -0.2) is 0 Å². The topological polar surface area (TPSA) is 21.7 Å². The number of hydrogen-bond acceptors (Lipinski definition) is 3. The second kappa shape index (κ2) is 5.96. The third-order valence-electron chi connectivity index (χ3n) is 2.50. The average Bonchev–Trinajstić information content (AvgIpc) is 2.57. The van der Waals surface area contributed by atoms with E-state index in [0.29, 0.717) is 0 Å². The zero-order valence-electron chi connectivity index (χ0n) is 8.33. The van der Waals surface area contributed by atoms with Crippen molar-refractivity contribution in [1.29, 1.82) is 0 Å². The zero-order chi connectivity index (χ0) is 9.68. The number of likely N-dealkylation sites (tertiary alicyclic amines) is 1. The number of halogens is 1.